The standard InChI is InChI=1S/CF4.H4Si/c2-1(3,4)5;/h;1H4. The van der Waals surface area contributed by atoms with Gasteiger partial charge in [-0.1, -0.05) is 0 Å². The lowest BCUT2D eigenvalue weighted by molar-refractivity contribution is -0.237. The van der Waals surface area contributed by atoms with Crippen molar-refractivity contribution in [2.75, 3.05) is 0 Å². The fourth-order valence-corrected chi connectivity index (χ4v) is 0. The lowest BCUT2D eigenvalue weighted by Crippen LogP contribution is -1.92. The van der Waals surface area contributed by atoms with Crippen molar-refractivity contribution in [3.63, 3.8) is 0 Å². The molecule has 5 heteroatoms. The van der Waals surface area contributed by atoms with Crippen LogP contribution in [0.25, 0.3) is 0 Å². The molecule has 0 unspecified atom stereocenters. The van der Waals surface area contributed by atoms with Crippen molar-refractivity contribution in [1.82, 2.24) is 0 Å². The van der Waals surface area contributed by atoms with E-state index in [0.29, 0.717) is 0 Å². The van der Waals surface area contributed by atoms with Crippen molar-refractivity contribution in [1.29, 1.82) is 0 Å². The van der Waals surface area contributed by atoms with Crippen LogP contribution in [-0.2, 0) is 0 Å². The van der Waals surface area contributed by atoms with Gasteiger partial charge in [-0.2, -0.15) is 0 Å². The molecule has 0 aliphatic carbocycles. The number of halogens is 4. The first kappa shape index (κ1) is 9.34. The zero-order valence-electron chi connectivity index (χ0n) is 2.01. The van der Waals surface area contributed by atoms with Crippen LogP contribution in [-0.4, -0.2) is 17.4 Å². The predicted octanol–water partition coefficient (Wildman–Crippen LogP) is 0.0241. The molecule has 0 aromatic rings. The van der Waals surface area contributed by atoms with E-state index >= 15 is 0 Å². The van der Waals surface area contributed by atoms with Crippen LogP contribution >= 0.6 is 0 Å². The molecular weight excluding hydrogens is 116 g/mol. The summed E-state index contributed by atoms with van der Waals surface area (Å²) >= 11 is 0. The van der Waals surface area contributed by atoms with E-state index in [-0.39, 0.29) is 11.0 Å². The third-order valence-electron chi connectivity index (χ3n) is 0. The minimum absolute atomic E-state index is 0. The van der Waals surface area contributed by atoms with Crippen molar-refractivity contribution in [3.8, 4) is 0 Å². The van der Waals surface area contributed by atoms with Gasteiger partial charge in [-0.05, 0) is 11.0 Å². The van der Waals surface area contributed by atoms with Crippen LogP contribution in [0.1, 0.15) is 0 Å². The van der Waals surface area contributed by atoms with E-state index < -0.39 is 6.43 Å². The second-order valence-electron chi connectivity index (χ2n) is 0.429. The summed E-state index contributed by atoms with van der Waals surface area (Å²) in [6, 6.07) is 0. The molecular formula is CH4F4Si. The van der Waals surface area contributed by atoms with E-state index in [9.17, 15) is 17.6 Å². The largest absolute Gasteiger partial charge is 0.559 e. The van der Waals surface area contributed by atoms with Crippen molar-refractivity contribution in [2.24, 2.45) is 0 Å². The number of alkyl halides is 4. The topological polar surface area (TPSA) is 0 Å². The Morgan fingerprint density at radius 3 is 0.833 bits per heavy atom. The molecule has 0 saturated carbocycles. The Hall–Kier alpha value is -0.0631. The van der Waals surface area contributed by atoms with Gasteiger partial charge in [-0.15, -0.1) is 17.6 Å². The Labute approximate surface area is 36.2 Å². The van der Waals surface area contributed by atoms with Gasteiger partial charge in [-0.3, -0.25) is 0 Å². The molecule has 0 fully saturated rings. The molecule has 0 N–H and O–H groups in total. The van der Waals surface area contributed by atoms with Gasteiger partial charge in [0.15, 0.2) is 0 Å². The first-order valence-electron chi connectivity index (χ1n) is 0.756. The van der Waals surface area contributed by atoms with Gasteiger partial charge in [0.25, 0.3) is 0 Å². The summed E-state index contributed by atoms with van der Waals surface area (Å²) in [7, 11) is 0. The fraction of sp³-hybridized carbons (Fsp3) is 1.00. The molecule has 0 heterocycles. The van der Waals surface area contributed by atoms with Crippen molar-refractivity contribution in [3.05, 3.63) is 0 Å². The maximum Gasteiger partial charge on any atom is 0.559 e. The third-order valence-corrected chi connectivity index (χ3v) is 0. The number of hydrogen-bond donors (Lipinski definition) is 0. The summed E-state index contributed by atoms with van der Waals surface area (Å²) in [6.45, 7) is 0. The quantitative estimate of drug-likeness (QED) is 0.312. The van der Waals surface area contributed by atoms with Crippen molar-refractivity contribution < 1.29 is 17.6 Å². The molecule has 0 radical (unpaired) electrons. The van der Waals surface area contributed by atoms with Crippen LogP contribution < -0.4 is 0 Å². The SMILES string of the molecule is FC(F)(F)F.[SiH4]. The average Bonchev–Trinajstić information content (AvgIpc) is 0.722. The average molecular weight is 120 g/mol. The van der Waals surface area contributed by atoms with Gasteiger partial charge in [0.1, 0.15) is 0 Å². The Balaban J connectivity index is 0. The Morgan fingerprint density at radius 1 is 0.833 bits per heavy atom. The maximum atomic E-state index is 9.69. The lowest BCUT2D eigenvalue weighted by atomic mass is 11.5. The Kier molecular flexibility index (Phi) is 3.38. The van der Waals surface area contributed by atoms with Gasteiger partial charge in [0.05, 0.1) is 0 Å². The molecule has 0 saturated heterocycles. The highest BCUT2D eigenvalue weighted by Gasteiger charge is 2.24. The second kappa shape index (κ2) is 2.17. The Bertz CT molecular complexity index is 23.0. The highest BCUT2D eigenvalue weighted by molar-refractivity contribution is 5.75. The van der Waals surface area contributed by atoms with Crippen LogP contribution in [0.4, 0.5) is 17.6 Å². The van der Waals surface area contributed by atoms with E-state index in [1.54, 1.807) is 0 Å². The summed E-state index contributed by atoms with van der Waals surface area (Å²) in [5, 5.41) is 0. The van der Waals surface area contributed by atoms with Gasteiger partial charge in [0.2, 0.25) is 0 Å². The normalized spacial score (nSPS) is 10.0. The van der Waals surface area contributed by atoms with Gasteiger partial charge in [-0.25, -0.2) is 0 Å². The second-order valence-corrected chi connectivity index (χ2v) is 0.429. The van der Waals surface area contributed by atoms with Crippen molar-refractivity contribution >= 4 is 11.0 Å². The molecule has 0 amide bonds. The highest BCUT2D eigenvalue weighted by atomic mass is 28.1. The summed E-state index contributed by atoms with van der Waals surface area (Å²) in [6.07, 6.45) is -5.50. The van der Waals surface area contributed by atoms with Gasteiger partial charge >= 0.3 is 6.43 Å². The predicted molar refractivity (Wildman–Crippen MR) is 18.5 cm³/mol. The molecule has 6 heavy (non-hydrogen) atoms. The highest BCUT2D eigenvalue weighted by Crippen LogP contribution is 2.13. The zero-order valence-corrected chi connectivity index (χ0v) is 2.01. The van der Waals surface area contributed by atoms with Gasteiger partial charge in [0, 0.05) is 0 Å². The molecule has 0 aliphatic heterocycles. The molecule has 0 spiro atoms. The molecule has 0 bridgehead atoms. The molecule has 0 atom stereocenters. The summed E-state index contributed by atoms with van der Waals surface area (Å²) < 4.78 is 38.8. The lowest BCUT2D eigenvalue weighted by Gasteiger charge is -1.82. The summed E-state index contributed by atoms with van der Waals surface area (Å²) in [4.78, 5) is 0. The molecule has 0 aliphatic rings. The summed E-state index contributed by atoms with van der Waals surface area (Å²) in [5.41, 5.74) is 0. The smallest absolute Gasteiger partial charge is 0.140 e. The fourth-order valence-electron chi connectivity index (χ4n) is 0. The van der Waals surface area contributed by atoms with E-state index in [1.807, 2.05) is 0 Å². The van der Waals surface area contributed by atoms with Crippen LogP contribution in [0.5, 0.6) is 0 Å². The monoisotopic (exact) mass is 120 g/mol. The Morgan fingerprint density at radius 2 is 0.833 bits per heavy atom. The van der Waals surface area contributed by atoms with Crippen LogP contribution in [0.2, 0.25) is 0 Å². The van der Waals surface area contributed by atoms with Gasteiger partial charge < -0.3 is 0 Å². The van der Waals surface area contributed by atoms with Crippen LogP contribution in [0.15, 0.2) is 0 Å². The van der Waals surface area contributed by atoms with E-state index in [4.69, 9.17) is 0 Å². The van der Waals surface area contributed by atoms with E-state index in [2.05, 4.69) is 0 Å². The summed E-state index contributed by atoms with van der Waals surface area (Å²) in [5.74, 6) is 0. The van der Waals surface area contributed by atoms with Crippen LogP contribution in [0, 0.1) is 0 Å². The van der Waals surface area contributed by atoms with Crippen LogP contribution in [0.3, 0.4) is 0 Å². The molecule has 0 aromatic heterocycles. The molecule has 40 valence electrons. The maximum absolute atomic E-state index is 9.69. The third kappa shape index (κ3) is 8520. The zero-order chi connectivity index (χ0) is 4.50. The van der Waals surface area contributed by atoms with Crippen molar-refractivity contribution in [2.45, 2.75) is 6.43 Å². The number of rotatable bonds is 0. The molecule has 0 nitrogen and oxygen atoms in total. The van der Waals surface area contributed by atoms with E-state index in [0.717, 1.165) is 0 Å². The molecule has 0 rings (SSSR count). The number of hydrogen-bond acceptors (Lipinski definition) is 0. The minimum atomic E-state index is -5.50. The first-order valence-corrected chi connectivity index (χ1v) is 0.756. The minimum Gasteiger partial charge on any atom is -0.140 e. The first-order chi connectivity index (χ1) is 2.00. The molecule has 0 aromatic carbocycles. The van der Waals surface area contributed by atoms with E-state index in [1.165, 1.54) is 0 Å².